The molecule has 1 N–H and O–H groups in total. The summed E-state index contributed by atoms with van der Waals surface area (Å²) in [6.45, 7) is 6.93. The lowest BCUT2D eigenvalue weighted by atomic mass is 9.97. The highest BCUT2D eigenvalue weighted by Gasteiger charge is 2.28. The van der Waals surface area contributed by atoms with E-state index in [1.54, 1.807) is 0 Å². The van der Waals surface area contributed by atoms with Gasteiger partial charge in [-0.2, -0.15) is 4.98 Å². The molecule has 0 saturated carbocycles. The Morgan fingerprint density at radius 1 is 1.22 bits per heavy atom. The van der Waals surface area contributed by atoms with E-state index in [0.717, 1.165) is 76.3 Å². The third-order valence-corrected chi connectivity index (χ3v) is 5.40. The van der Waals surface area contributed by atoms with Gasteiger partial charge in [0.2, 0.25) is 5.91 Å². The van der Waals surface area contributed by atoms with Crippen LogP contribution in [0.25, 0.3) is 11.1 Å². The molecule has 146 valence electrons. The molecular weight excluding hydrogens is 344 g/mol. The summed E-state index contributed by atoms with van der Waals surface area (Å²) in [7, 11) is 0. The number of anilines is 1. The second-order valence-electron chi connectivity index (χ2n) is 7.35. The smallest absolute Gasteiger partial charge is 0.298 e. The summed E-state index contributed by atoms with van der Waals surface area (Å²) in [4.78, 5) is 21.6. The fourth-order valence-corrected chi connectivity index (χ4v) is 3.84. The summed E-state index contributed by atoms with van der Waals surface area (Å²) in [6, 6.07) is 8.40. The SMILES string of the molecule is O=C(NCCCN1CCOCC1)C1CCCN(c2nc3ccccc3o2)C1. The number of benzene rings is 1. The zero-order valence-corrected chi connectivity index (χ0v) is 15.7. The summed E-state index contributed by atoms with van der Waals surface area (Å²) >= 11 is 0. The van der Waals surface area contributed by atoms with Crippen molar-refractivity contribution in [1.82, 2.24) is 15.2 Å². The lowest BCUT2D eigenvalue weighted by Crippen LogP contribution is -2.44. The summed E-state index contributed by atoms with van der Waals surface area (Å²) < 4.78 is 11.2. The van der Waals surface area contributed by atoms with E-state index in [-0.39, 0.29) is 11.8 Å². The molecule has 7 heteroatoms. The molecule has 3 heterocycles. The monoisotopic (exact) mass is 372 g/mol. The van der Waals surface area contributed by atoms with Gasteiger partial charge < -0.3 is 19.4 Å². The van der Waals surface area contributed by atoms with Crippen molar-refractivity contribution in [2.75, 3.05) is 57.4 Å². The van der Waals surface area contributed by atoms with E-state index < -0.39 is 0 Å². The zero-order chi connectivity index (χ0) is 18.5. The van der Waals surface area contributed by atoms with Crippen LogP contribution in [-0.4, -0.2) is 68.3 Å². The number of oxazole rings is 1. The third-order valence-electron chi connectivity index (χ3n) is 5.40. The molecule has 0 spiro atoms. The van der Waals surface area contributed by atoms with Gasteiger partial charge in [-0.3, -0.25) is 9.69 Å². The van der Waals surface area contributed by atoms with Crippen LogP contribution in [0.1, 0.15) is 19.3 Å². The van der Waals surface area contributed by atoms with E-state index in [1.165, 1.54) is 0 Å². The Hall–Kier alpha value is -2.12. The Bertz CT molecular complexity index is 724. The number of aromatic nitrogens is 1. The van der Waals surface area contributed by atoms with Gasteiger partial charge in [-0.15, -0.1) is 0 Å². The molecule has 0 aliphatic carbocycles. The predicted octanol–water partition coefficient (Wildman–Crippen LogP) is 1.88. The van der Waals surface area contributed by atoms with Gasteiger partial charge in [-0.25, -0.2) is 0 Å². The molecule has 2 aliphatic rings. The standard InChI is InChI=1S/C20H28N4O3/c25-19(21-8-4-9-23-11-13-26-14-12-23)16-5-3-10-24(15-16)20-22-17-6-1-2-7-18(17)27-20/h1-2,6-7,16H,3-5,8-15H2,(H,21,25). The number of fused-ring (bicyclic) bond motifs is 1. The highest BCUT2D eigenvalue weighted by molar-refractivity contribution is 5.79. The summed E-state index contributed by atoms with van der Waals surface area (Å²) in [6.07, 6.45) is 2.88. The molecular formula is C20H28N4O3. The van der Waals surface area contributed by atoms with E-state index in [0.29, 0.717) is 12.6 Å². The van der Waals surface area contributed by atoms with Crippen LogP contribution in [0.15, 0.2) is 28.7 Å². The number of morpholine rings is 1. The molecule has 2 aliphatic heterocycles. The van der Waals surface area contributed by atoms with Crippen LogP contribution >= 0.6 is 0 Å². The number of carbonyl (C=O) groups is 1. The summed E-state index contributed by atoms with van der Waals surface area (Å²) in [5, 5.41) is 3.12. The molecule has 7 nitrogen and oxygen atoms in total. The molecule has 0 bridgehead atoms. The molecule has 4 rings (SSSR count). The van der Waals surface area contributed by atoms with Crippen LogP contribution in [0.4, 0.5) is 6.01 Å². The van der Waals surface area contributed by atoms with Crippen molar-refractivity contribution in [3.8, 4) is 0 Å². The predicted molar refractivity (Wildman–Crippen MR) is 104 cm³/mol. The average Bonchev–Trinajstić information content (AvgIpc) is 3.16. The number of carbonyl (C=O) groups excluding carboxylic acids is 1. The Balaban J connectivity index is 1.25. The van der Waals surface area contributed by atoms with E-state index in [1.807, 2.05) is 24.3 Å². The normalized spacial score (nSPS) is 21.5. The number of rotatable bonds is 6. The van der Waals surface area contributed by atoms with Gasteiger partial charge in [0.05, 0.1) is 19.1 Å². The van der Waals surface area contributed by atoms with Crippen LogP contribution < -0.4 is 10.2 Å². The van der Waals surface area contributed by atoms with Crippen molar-refractivity contribution in [1.29, 1.82) is 0 Å². The van der Waals surface area contributed by atoms with Crippen LogP contribution in [0.2, 0.25) is 0 Å². The molecule has 1 unspecified atom stereocenters. The van der Waals surface area contributed by atoms with E-state index in [4.69, 9.17) is 9.15 Å². The Morgan fingerprint density at radius 2 is 2.07 bits per heavy atom. The van der Waals surface area contributed by atoms with Crippen molar-refractivity contribution in [2.24, 2.45) is 5.92 Å². The average molecular weight is 372 g/mol. The molecule has 2 saturated heterocycles. The lowest BCUT2D eigenvalue weighted by Gasteiger charge is -2.31. The van der Waals surface area contributed by atoms with Crippen molar-refractivity contribution in [2.45, 2.75) is 19.3 Å². The number of nitrogens with zero attached hydrogens (tertiary/aromatic N) is 3. The Labute approximate surface area is 159 Å². The first-order valence-electron chi connectivity index (χ1n) is 9.98. The minimum atomic E-state index is -0.00264. The summed E-state index contributed by atoms with van der Waals surface area (Å²) in [5.74, 6) is 0.148. The van der Waals surface area contributed by atoms with Gasteiger partial charge in [-0.1, -0.05) is 12.1 Å². The zero-order valence-electron chi connectivity index (χ0n) is 15.7. The molecule has 2 aromatic rings. The summed E-state index contributed by atoms with van der Waals surface area (Å²) in [5.41, 5.74) is 1.66. The first-order chi connectivity index (χ1) is 13.3. The maximum atomic E-state index is 12.6. The number of piperidine rings is 1. The van der Waals surface area contributed by atoms with Gasteiger partial charge in [-0.05, 0) is 37.9 Å². The van der Waals surface area contributed by atoms with Crippen molar-refractivity contribution >= 4 is 23.0 Å². The van der Waals surface area contributed by atoms with Crippen LogP contribution in [0.5, 0.6) is 0 Å². The largest absolute Gasteiger partial charge is 0.423 e. The Kier molecular flexibility index (Phi) is 5.89. The maximum Gasteiger partial charge on any atom is 0.298 e. The fourth-order valence-electron chi connectivity index (χ4n) is 3.84. The molecule has 2 fully saturated rings. The second-order valence-corrected chi connectivity index (χ2v) is 7.35. The van der Waals surface area contributed by atoms with Crippen LogP contribution in [0.3, 0.4) is 0 Å². The van der Waals surface area contributed by atoms with Crippen molar-refractivity contribution in [3.05, 3.63) is 24.3 Å². The van der Waals surface area contributed by atoms with Gasteiger partial charge in [0.1, 0.15) is 5.52 Å². The second kappa shape index (κ2) is 8.71. The Morgan fingerprint density at radius 3 is 2.93 bits per heavy atom. The van der Waals surface area contributed by atoms with Gasteiger partial charge >= 0.3 is 0 Å². The number of nitrogens with one attached hydrogen (secondary N) is 1. The van der Waals surface area contributed by atoms with Crippen LogP contribution in [-0.2, 0) is 9.53 Å². The first kappa shape index (κ1) is 18.3. The first-order valence-corrected chi connectivity index (χ1v) is 9.98. The van der Waals surface area contributed by atoms with Crippen molar-refractivity contribution < 1.29 is 13.9 Å². The van der Waals surface area contributed by atoms with Gasteiger partial charge in [0, 0.05) is 32.7 Å². The molecule has 1 amide bonds. The highest BCUT2D eigenvalue weighted by atomic mass is 16.5. The lowest BCUT2D eigenvalue weighted by molar-refractivity contribution is -0.125. The molecule has 1 aromatic carbocycles. The molecule has 0 radical (unpaired) electrons. The molecule has 1 atom stereocenters. The fraction of sp³-hybridized carbons (Fsp3) is 0.600. The quantitative estimate of drug-likeness (QED) is 0.781. The number of amides is 1. The minimum Gasteiger partial charge on any atom is -0.423 e. The molecule has 1 aromatic heterocycles. The highest BCUT2D eigenvalue weighted by Crippen LogP contribution is 2.26. The van der Waals surface area contributed by atoms with Crippen LogP contribution in [0, 0.1) is 5.92 Å². The molecule has 27 heavy (non-hydrogen) atoms. The van der Waals surface area contributed by atoms with Gasteiger partial charge in [0.15, 0.2) is 5.58 Å². The maximum absolute atomic E-state index is 12.6. The van der Waals surface area contributed by atoms with E-state index in [2.05, 4.69) is 20.1 Å². The van der Waals surface area contributed by atoms with Crippen molar-refractivity contribution in [3.63, 3.8) is 0 Å². The topological polar surface area (TPSA) is 70.8 Å². The number of ether oxygens (including phenoxy) is 1. The van der Waals surface area contributed by atoms with E-state index >= 15 is 0 Å². The third kappa shape index (κ3) is 4.59. The number of hydrogen-bond acceptors (Lipinski definition) is 6. The van der Waals surface area contributed by atoms with E-state index in [9.17, 15) is 4.79 Å². The number of para-hydroxylation sites is 2. The van der Waals surface area contributed by atoms with Gasteiger partial charge in [0.25, 0.3) is 6.01 Å². The number of hydrogen-bond donors (Lipinski definition) is 1. The minimum absolute atomic E-state index is 0.00264.